The zero-order valence-electron chi connectivity index (χ0n) is 12.0. The van der Waals surface area contributed by atoms with Gasteiger partial charge < -0.3 is 5.11 Å². The normalized spacial score (nSPS) is 11.1. The smallest absolute Gasteiger partial charge is 0.255 e. The van der Waals surface area contributed by atoms with Crippen LogP contribution in [0.2, 0.25) is 0 Å². The molecule has 0 saturated carbocycles. The standard InChI is InChI=1S/C16H18N4O/c1-2-6-14-13(10-9-12-7-4-3-5-8-12)15(21)20-16(19-14)17-11-18-20/h3-5,7-8,11,21H,2,6,9-10H2,1H3. The van der Waals surface area contributed by atoms with E-state index in [1.54, 1.807) is 0 Å². The van der Waals surface area contributed by atoms with Crippen molar-refractivity contribution in [3.63, 3.8) is 0 Å². The maximum atomic E-state index is 10.4. The molecule has 108 valence electrons. The average molecular weight is 282 g/mol. The van der Waals surface area contributed by atoms with Crippen LogP contribution in [0.4, 0.5) is 0 Å². The molecule has 0 aliphatic carbocycles. The molecule has 0 radical (unpaired) electrons. The number of aromatic hydroxyl groups is 1. The fraction of sp³-hybridized carbons (Fsp3) is 0.312. The minimum absolute atomic E-state index is 0.164. The lowest BCUT2D eigenvalue weighted by Gasteiger charge is -2.11. The molecule has 1 aromatic carbocycles. The van der Waals surface area contributed by atoms with Gasteiger partial charge in [0.25, 0.3) is 5.78 Å². The van der Waals surface area contributed by atoms with Gasteiger partial charge in [0.05, 0.1) is 5.69 Å². The quantitative estimate of drug-likeness (QED) is 0.781. The summed E-state index contributed by atoms with van der Waals surface area (Å²) < 4.78 is 1.40. The van der Waals surface area contributed by atoms with Crippen molar-refractivity contribution in [1.29, 1.82) is 0 Å². The largest absolute Gasteiger partial charge is 0.493 e. The van der Waals surface area contributed by atoms with Crippen LogP contribution < -0.4 is 0 Å². The molecular formula is C16H18N4O. The van der Waals surface area contributed by atoms with Gasteiger partial charge in [-0.05, 0) is 24.8 Å². The minimum atomic E-state index is 0.164. The van der Waals surface area contributed by atoms with Crippen molar-refractivity contribution in [3.05, 3.63) is 53.5 Å². The third kappa shape index (κ3) is 2.72. The number of nitrogens with zero attached hydrogens (tertiary/aromatic N) is 4. The predicted molar refractivity (Wildman–Crippen MR) is 80.3 cm³/mol. The Hall–Kier alpha value is -2.43. The molecule has 5 heteroatoms. The fourth-order valence-corrected chi connectivity index (χ4v) is 2.52. The summed E-state index contributed by atoms with van der Waals surface area (Å²) in [5.41, 5.74) is 3.04. The van der Waals surface area contributed by atoms with Gasteiger partial charge in [0.15, 0.2) is 0 Å². The number of hydrogen-bond acceptors (Lipinski definition) is 4. The van der Waals surface area contributed by atoms with Gasteiger partial charge in [-0.1, -0.05) is 43.7 Å². The first-order chi connectivity index (χ1) is 10.3. The van der Waals surface area contributed by atoms with Crippen molar-refractivity contribution >= 4 is 5.78 Å². The first-order valence-electron chi connectivity index (χ1n) is 7.24. The third-order valence-electron chi connectivity index (χ3n) is 3.58. The molecule has 2 aromatic heterocycles. The Morgan fingerprint density at radius 2 is 1.90 bits per heavy atom. The van der Waals surface area contributed by atoms with Crippen LogP contribution in [0.25, 0.3) is 5.78 Å². The molecule has 3 aromatic rings. The van der Waals surface area contributed by atoms with Crippen LogP contribution in [-0.2, 0) is 19.3 Å². The van der Waals surface area contributed by atoms with Gasteiger partial charge in [0.1, 0.15) is 6.33 Å². The second kappa shape index (κ2) is 5.91. The molecule has 0 atom stereocenters. The first kappa shape index (κ1) is 13.5. The molecule has 0 spiro atoms. The van der Waals surface area contributed by atoms with Crippen molar-refractivity contribution in [1.82, 2.24) is 19.6 Å². The molecule has 0 saturated heterocycles. The molecule has 0 bridgehead atoms. The van der Waals surface area contributed by atoms with Crippen LogP contribution in [0.15, 0.2) is 36.7 Å². The number of aromatic nitrogens is 4. The van der Waals surface area contributed by atoms with Crippen molar-refractivity contribution in [2.75, 3.05) is 0 Å². The summed E-state index contributed by atoms with van der Waals surface area (Å²) in [7, 11) is 0. The molecule has 2 heterocycles. The van der Waals surface area contributed by atoms with Crippen LogP contribution in [0.1, 0.15) is 30.2 Å². The highest BCUT2D eigenvalue weighted by molar-refractivity contribution is 5.40. The number of fused-ring (bicyclic) bond motifs is 1. The van der Waals surface area contributed by atoms with Crippen molar-refractivity contribution in [2.45, 2.75) is 32.6 Å². The van der Waals surface area contributed by atoms with E-state index in [1.165, 1.54) is 16.4 Å². The Bertz CT molecular complexity index is 737. The van der Waals surface area contributed by atoms with E-state index in [9.17, 15) is 5.11 Å². The number of rotatable bonds is 5. The van der Waals surface area contributed by atoms with E-state index >= 15 is 0 Å². The Morgan fingerprint density at radius 1 is 1.10 bits per heavy atom. The summed E-state index contributed by atoms with van der Waals surface area (Å²) in [6, 6.07) is 10.3. The minimum Gasteiger partial charge on any atom is -0.493 e. The number of hydrogen-bond donors (Lipinski definition) is 1. The Labute approximate surface area is 123 Å². The fourth-order valence-electron chi connectivity index (χ4n) is 2.52. The van der Waals surface area contributed by atoms with Crippen molar-refractivity contribution in [3.8, 4) is 5.88 Å². The predicted octanol–water partition coefficient (Wildman–Crippen LogP) is 2.57. The molecule has 0 unspecified atom stereocenters. The summed E-state index contributed by atoms with van der Waals surface area (Å²) in [5, 5.41) is 14.5. The molecule has 21 heavy (non-hydrogen) atoms. The molecule has 5 nitrogen and oxygen atoms in total. The van der Waals surface area contributed by atoms with E-state index < -0.39 is 0 Å². The topological polar surface area (TPSA) is 63.3 Å². The average Bonchev–Trinajstić information content (AvgIpc) is 2.97. The molecule has 1 N–H and O–H groups in total. The van der Waals surface area contributed by atoms with Gasteiger partial charge in [-0.25, -0.2) is 4.98 Å². The van der Waals surface area contributed by atoms with Gasteiger partial charge in [-0.2, -0.15) is 14.6 Å². The van der Waals surface area contributed by atoms with Gasteiger partial charge in [-0.15, -0.1) is 0 Å². The molecular weight excluding hydrogens is 264 g/mol. The van der Waals surface area contributed by atoms with Gasteiger partial charge in [0.2, 0.25) is 5.88 Å². The maximum Gasteiger partial charge on any atom is 0.255 e. The van der Waals surface area contributed by atoms with E-state index in [1.807, 2.05) is 18.2 Å². The van der Waals surface area contributed by atoms with Crippen LogP contribution >= 0.6 is 0 Å². The van der Waals surface area contributed by atoms with Crippen molar-refractivity contribution < 1.29 is 5.11 Å². The monoisotopic (exact) mass is 282 g/mol. The van der Waals surface area contributed by atoms with Gasteiger partial charge in [-0.3, -0.25) is 0 Å². The molecule has 0 amide bonds. The summed E-state index contributed by atoms with van der Waals surface area (Å²) in [4.78, 5) is 8.59. The number of benzene rings is 1. The third-order valence-corrected chi connectivity index (χ3v) is 3.58. The Balaban J connectivity index is 1.95. The van der Waals surface area contributed by atoms with Crippen molar-refractivity contribution in [2.24, 2.45) is 0 Å². The summed E-state index contributed by atoms with van der Waals surface area (Å²) in [6.45, 7) is 2.10. The zero-order chi connectivity index (χ0) is 14.7. The van der Waals surface area contributed by atoms with Gasteiger partial charge >= 0.3 is 0 Å². The van der Waals surface area contributed by atoms with Crippen LogP contribution in [0, 0.1) is 0 Å². The lowest BCUT2D eigenvalue weighted by molar-refractivity contribution is 0.425. The zero-order valence-corrected chi connectivity index (χ0v) is 12.0. The van der Waals surface area contributed by atoms with Crippen LogP contribution in [0.3, 0.4) is 0 Å². The molecule has 3 rings (SSSR count). The van der Waals surface area contributed by atoms with Crippen LogP contribution in [-0.4, -0.2) is 24.7 Å². The summed E-state index contributed by atoms with van der Waals surface area (Å²) in [6.07, 6.45) is 4.84. The number of aryl methyl sites for hydroxylation is 2. The highest BCUT2D eigenvalue weighted by atomic mass is 16.3. The highest BCUT2D eigenvalue weighted by Crippen LogP contribution is 2.23. The molecule has 0 aliphatic rings. The van der Waals surface area contributed by atoms with Gasteiger partial charge in [0, 0.05) is 5.56 Å². The second-order valence-electron chi connectivity index (χ2n) is 5.07. The highest BCUT2D eigenvalue weighted by Gasteiger charge is 2.15. The lowest BCUT2D eigenvalue weighted by atomic mass is 10.0. The van der Waals surface area contributed by atoms with E-state index in [-0.39, 0.29) is 5.88 Å². The van der Waals surface area contributed by atoms with E-state index in [2.05, 4.69) is 34.1 Å². The first-order valence-corrected chi connectivity index (χ1v) is 7.24. The SMILES string of the molecule is CCCc1nc2ncnn2c(O)c1CCc1ccccc1. The van der Waals surface area contributed by atoms with E-state index in [0.29, 0.717) is 5.78 Å². The summed E-state index contributed by atoms with van der Waals surface area (Å²) in [5.74, 6) is 0.622. The Kier molecular flexibility index (Phi) is 3.81. The molecule has 0 fully saturated rings. The van der Waals surface area contributed by atoms with E-state index in [4.69, 9.17) is 0 Å². The second-order valence-corrected chi connectivity index (χ2v) is 5.07. The lowest BCUT2D eigenvalue weighted by Crippen LogP contribution is -2.06. The maximum absolute atomic E-state index is 10.4. The van der Waals surface area contributed by atoms with E-state index in [0.717, 1.165) is 36.9 Å². The van der Waals surface area contributed by atoms with Crippen LogP contribution in [0.5, 0.6) is 5.88 Å². The summed E-state index contributed by atoms with van der Waals surface area (Å²) >= 11 is 0. The molecule has 0 aliphatic heterocycles. The Morgan fingerprint density at radius 3 is 2.67 bits per heavy atom.